The van der Waals surface area contributed by atoms with Gasteiger partial charge in [0.15, 0.2) is 0 Å². The summed E-state index contributed by atoms with van der Waals surface area (Å²) in [6.07, 6.45) is 8.57. The molecule has 3 fully saturated rings. The van der Waals surface area contributed by atoms with Crippen LogP contribution in [-0.4, -0.2) is 49.2 Å². The van der Waals surface area contributed by atoms with E-state index in [1.807, 2.05) is 24.4 Å². The lowest BCUT2D eigenvalue weighted by Crippen LogP contribution is -2.60. The van der Waals surface area contributed by atoms with Gasteiger partial charge in [-0.05, 0) is 72.7 Å². The molecule has 0 bridgehead atoms. The van der Waals surface area contributed by atoms with Crippen LogP contribution in [0.25, 0.3) is 11.1 Å². The maximum atomic E-state index is 12.2. The Morgan fingerprint density at radius 1 is 0.975 bits per heavy atom. The monoisotopic (exact) mass is 532 g/mol. The molecular weight excluding hydrogens is 496 g/mol. The highest BCUT2D eigenvalue weighted by Gasteiger charge is 2.39. The molecule has 0 radical (unpaired) electrons. The third-order valence-corrected chi connectivity index (χ3v) is 9.56. The first-order chi connectivity index (χ1) is 19.7. The fourth-order valence-corrected chi connectivity index (χ4v) is 7.50. The minimum Gasteiger partial charge on any atom is -0.371 e. The number of para-hydroxylation sites is 1. The van der Waals surface area contributed by atoms with Gasteiger partial charge in [0.1, 0.15) is 5.82 Å². The predicted molar refractivity (Wildman–Crippen MR) is 158 cm³/mol. The lowest BCUT2D eigenvalue weighted by Gasteiger charge is -2.50. The van der Waals surface area contributed by atoms with Crippen LogP contribution in [0.4, 0.5) is 17.2 Å². The van der Waals surface area contributed by atoms with Gasteiger partial charge in [0.05, 0.1) is 23.7 Å². The number of pyridine rings is 1. The highest BCUT2D eigenvalue weighted by molar-refractivity contribution is 6.03. The molecule has 1 saturated carbocycles. The lowest BCUT2D eigenvalue weighted by molar-refractivity contribution is -0.115. The Morgan fingerprint density at radius 3 is 2.73 bits per heavy atom. The number of nitrogens with zero attached hydrogens (tertiary/aromatic N) is 4. The summed E-state index contributed by atoms with van der Waals surface area (Å²) in [6.45, 7) is 3.99. The quantitative estimate of drug-likeness (QED) is 0.495. The molecule has 2 saturated heterocycles. The Bertz CT molecular complexity index is 1450. The van der Waals surface area contributed by atoms with Crippen LogP contribution in [0.1, 0.15) is 43.2 Å². The summed E-state index contributed by atoms with van der Waals surface area (Å²) in [7, 11) is 0. The van der Waals surface area contributed by atoms with Crippen molar-refractivity contribution < 1.29 is 4.79 Å². The maximum absolute atomic E-state index is 12.2. The Labute approximate surface area is 236 Å². The fourth-order valence-electron chi connectivity index (χ4n) is 7.50. The molecule has 3 aromatic rings. The topological polar surface area (TPSA) is 84.3 Å². The molecule has 7 heteroatoms. The summed E-state index contributed by atoms with van der Waals surface area (Å²) in [4.78, 5) is 22.3. The van der Waals surface area contributed by atoms with E-state index in [1.165, 1.54) is 31.4 Å². The second-order valence-electron chi connectivity index (χ2n) is 11.9. The van der Waals surface area contributed by atoms with Crippen LogP contribution >= 0.6 is 0 Å². The molecule has 4 heterocycles. The summed E-state index contributed by atoms with van der Waals surface area (Å²) in [5.74, 6) is 2.19. The van der Waals surface area contributed by atoms with E-state index in [0.717, 1.165) is 60.8 Å². The van der Waals surface area contributed by atoms with Crippen molar-refractivity contribution in [3.05, 3.63) is 71.9 Å². The first-order valence-corrected chi connectivity index (χ1v) is 14.8. The highest BCUT2D eigenvalue weighted by Crippen LogP contribution is 2.38. The number of fused-ring (bicyclic) bond motifs is 3. The fraction of sp³-hybridized carbons (Fsp3) is 0.424. The van der Waals surface area contributed by atoms with Crippen LogP contribution in [0.3, 0.4) is 0 Å². The van der Waals surface area contributed by atoms with Gasteiger partial charge in [-0.3, -0.25) is 4.79 Å². The molecule has 4 unspecified atom stereocenters. The zero-order valence-electron chi connectivity index (χ0n) is 22.9. The van der Waals surface area contributed by atoms with E-state index in [2.05, 4.69) is 62.9 Å². The molecule has 1 aliphatic carbocycles. The summed E-state index contributed by atoms with van der Waals surface area (Å²) < 4.78 is 0. The number of rotatable bonds is 3. The molecule has 4 aliphatic rings. The average Bonchev–Trinajstić information content (AvgIpc) is 3.38. The second-order valence-corrected chi connectivity index (χ2v) is 11.9. The molecule has 2 aromatic carbocycles. The van der Waals surface area contributed by atoms with Crippen LogP contribution in [0, 0.1) is 23.2 Å². The van der Waals surface area contributed by atoms with Crippen LogP contribution in [0.5, 0.6) is 0 Å². The van der Waals surface area contributed by atoms with Crippen LogP contribution in [0.15, 0.2) is 60.8 Å². The van der Waals surface area contributed by atoms with Crippen molar-refractivity contribution in [2.75, 3.05) is 41.3 Å². The van der Waals surface area contributed by atoms with E-state index in [0.29, 0.717) is 35.9 Å². The normalized spacial score (nSPS) is 26.0. The summed E-state index contributed by atoms with van der Waals surface area (Å²) in [6, 6.07) is 21.7. The average molecular weight is 533 g/mol. The van der Waals surface area contributed by atoms with Gasteiger partial charge >= 0.3 is 0 Å². The van der Waals surface area contributed by atoms with Crippen molar-refractivity contribution in [3.63, 3.8) is 0 Å². The van der Waals surface area contributed by atoms with E-state index in [4.69, 9.17) is 4.98 Å². The standard InChI is InChI=1S/C33H36N6O/c34-18-22-8-10-27(11-9-22)38-15-13-30-26(20-38)19-36-29-7-2-1-4-25(29)21-39(30)31-16-23(12-14-35-31)28-6-3-5-24-17-32(40)37-33(24)28/h3,5-6,8-12,14,16,25-26,29-30,36H,1-2,4,7,13,15,17,19-21H2,(H,37,40). The second kappa shape index (κ2) is 10.6. The van der Waals surface area contributed by atoms with Crippen LogP contribution in [0.2, 0.25) is 0 Å². The largest absolute Gasteiger partial charge is 0.371 e. The molecule has 0 spiro atoms. The third kappa shape index (κ3) is 4.71. The van der Waals surface area contributed by atoms with E-state index < -0.39 is 0 Å². The Kier molecular flexibility index (Phi) is 6.65. The van der Waals surface area contributed by atoms with Crippen molar-refractivity contribution in [3.8, 4) is 17.2 Å². The van der Waals surface area contributed by atoms with Crippen LogP contribution < -0.4 is 20.4 Å². The van der Waals surface area contributed by atoms with Gasteiger partial charge < -0.3 is 20.4 Å². The molecule has 204 valence electrons. The smallest absolute Gasteiger partial charge is 0.228 e. The van der Waals surface area contributed by atoms with Crippen molar-refractivity contribution in [2.45, 2.75) is 50.6 Å². The number of nitriles is 1. The summed E-state index contributed by atoms with van der Waals surface area (Å²) in [5, 5.41) is 16.3. The van der Waals surface area contributed by atoms with Crippen molar-refractivity contribution in [1.82, 2.24) is 10.3 Å². The minimum atomic E-state index is 0.0632. The van der Waals surface area contributed by atoms with Gasteiger partial charge in [0.2, 0.25) is 5.91 Å². The van der Waals surface area contributed by atoms with Gasteiger partial charge in [-0.25, -0.2) is 4.98 Å². The Hall–Kier alpha value is -3.89. The SMILES string of the molecule is N#Cc1ccc(N2CCC3C(CNC4CCCCC4CN3c3cc(-c4cccc5c4NC(=O)C5)ccn3)C2)cc1. The van der Waals surface area contributed by atoms with Gasteiger partial charge in [0.25, 0.3) is 0 Å². The molecule has 3 aliphatic heterocycles. The van der Waals surface area contributed by atoms with Gasteiger partial charge in [-0.2, -0.15) is 5.26 Å². The first-order valence-electron chi connectivity index (χ1n) is 14.8. The number of carbonyl (C=O) groups is 1. The van der Waals surface area contributed by atoms with E-state index in [9.17, 15) is 10.1 Å². The molecule has 2 N–H and O–H groups in total. The molecule has 40 heavy (non-hydrogen) atoms. The number of amides is 1. The van der Waals surface area contributed by atoms with Gasteiger partial charge in [0, 0.05) is 61.6 Å². The highest BCUT2D eigenvalue weighted by atomic mass is 16.1. The van der Waals surface area contributed by atoms with Gasteiger partial charge in [-0.1, -0.05) is 31.0 Å². The lowest BCUT2D eigenvalue weighted by atomic mass is 9.80. The number of piperidine rings is 1. The number of hydrogen-bond acceptors (Lipinski definition) is 6. The molecule has 1 amide bonds. The zero-order chi connectivity index (χ0) is 27.1. The zero-order valence-corrected chi connectivity index (χ0v) is 22.9. The summed E-state index contributed by atoms with van der Waals surface area (Å²) >= 11 is 0. The van der Waals surface area contributed by atoms with E-state index >= 15 is 0 Å². The minimum absolute atomic E-state index is 0.0632. The molecule has 4 atom stereocenters. The summed E-state index contributed by atoms with van der Waals surface area (Å²) in [5.41, 5.74) is 6.09. The van der Waals surface area contributed by atoms with E-state index in [-0.39, 0.29) is 5.91 Å². The van der Waals surface area contributed by atoms with E-state index in [1.54, 1.807) is 0 Å². The third-order valence-electron chi connectivity index (χ3n) is 9.56. The number of hydrogen-bond donors (Lipinski definition) is 2. The first kappa shape index (κ1) is 25.1. The number of anilines is 3. The molecule has 7 rings (SSSR count). The van der Waals surface area contributed by atoms with Crippen molar-refractivity contribution in [1.29, 1.82) is 5.26 Å². The number of benzene rings is 2. The number of carbonyl (C=O) groups excluding carboxylic acids is 1. The predicted octanol–water partition coefficient (Wildman–Crippen LogP) is 4.98. The maximum Gasteiger partial charge on any atom is 0.228 e. The molecular formula is C33H36N6O. The van der Waals surface area contributed by atoms with Crippen molar-refractivity contribution >= 4 is 23.1 Å². The Morgan fingerprint density at radius 2 is 1.85 bits per heavy atom. The van der Waals surface area contributed by atoms with Crippen molar-refractivity contribution in [2.24, 2.45) is 11.8 Å². The molecule has 1 aromatic heterocycles. The number of nitrogens with one attached hydrogen (secondary N) is 2. The Balaban J connectivity index is 1.21. The van der Waals surface area contributed by atoms with Crippen LogP contribution in [-0.2, 0) is 11.2 Å². The van der Waals surface area contributed by atoms with Gasteiger partial charge in [-0.15, -0.1) is 0 Å². The number of aromatic nitrogens is 1. The molecule has 7 nitrogen and oxygen atoms in total.